The van der Waals surface area contributed by atoms with Crippen LogP contribution in [-0.2, 0) is 10.0 Å². The van der Waals surface area contributed by atoms with Gasteiger partial charge in [-0.1, -0.05) is 18.2 Å². The zero-order valence-corrected chi connectivity index (χ0v) is 18.2. The van der Waals surface area contributed by atoms with Crippen molar-refractivity contribution in [2.75, 3.05) is 10.8 Å². The lowest BCUT2D eigenvalue weighted by Gasteiger charge is -2.23. The lowest BCUT2D eigenvalue weighted by molar-refractivity contribution is -0.385. The molecule has 0 fully saturated rings. The second kappa shape index (κ2) is 9.09. The molecular formula is C22H18N4O6S. The number of anilines is 1. The molecule has 4 rings (SSSR count). The van der Waals surface area contributed by atoms with Crippen molar-refractivity contribution in [3.8, 4) is 23.0 Å². The van der Waals surface area contributed by atoms with E-state index in [9.17, 15) is 18.5 Å². The molecule has 0 saturated carbocycles. The summed E-state index contributed by atoms with van der Waals surface area (Å²) < 4.78 is 38.4. The van der Waals surface area contributed by atoms with Crippen LogP contribution < -0.4 is 9.04 Å². The molecular weight excluding hydrogens is 448 g/mol. The van der Waals surface area contributed by atoms with Gasteiger partial charge in [0.1, 0.15) is 5.75 Å². The number of benzene rings is 3. The van der Waals surface area contributed by atoms with Gasteiger partial charge in [0.25, 0.3) is 10.0 Å². The van der Waals surface area contributed by atoms with Crippen LogP contribution in [-0.4, -0.2) is 30.1 Å². The van der Waals surface area contributed by atoms with Crippen molar-refractivity contribution in [1.82, 2.24) is 10.2 Å². The van der Waals surface area contributed by atoms with Crippen LogP contribution in [0.15, 0.2) is 88.5 Å². The highest BCUT2D eigenvalue weighted by molar-refractivity contribution is 7.92. The first-order valence-electron chi connectivity index (χ1n) is 9.81. The zero-order valence-electron chi connectivity index (χ0n) is 17.4. The van der Waals surface area contributed by atoms with Crippen molar-refractivity contribution in [2.45, 2.75) is 11.8 Å². The average Bonchev–Trinajstić information content (AvgIpc) is 3.35. The molecule has 0 unspecified atom stereocenters. The quantitative estimate of drug-likeness (QED) is 0.271. The fraction of sp³-hybridized carbons (Fsp3) is 0.0909. The fourth-order valence-electron chi connectivity index (χ4n) is 3.19. The second-order valence-corrected chi connectivity index (χ2v) is 8.62. The van der Waals surface area contributed by atoms with Crippen molar-refractivity contribution >= 4 is 21.4 Å². The Morgan fingerprint density at radius 2 is 1.79 bits per heavy atom. The number of nitro groups is 1. The molecule has 0 bridgehead atoms. The Balaban J connectivity index is 1.65. The summed E-state index contributed by atoms with van der Waals surface area (Å²) in [6.45, 7) is 1.85. The number of aromatic nitrogens is 2. The van der Waals surface area contributed by atoms with Crippen LogP contribution in [0, 0.1) is 10.1 Å². The highest BCUT2D eigenvalue weighted by Crippen LogP contribution is 2.35. The SMILES string of the molecule is CCN(c1ccccc1)S(=O)(=O)c1ccc(Oc2ccc(-c3nnco3)cc2)c([N+](=O)[O-])c1. The number of sulfonamides is 1. The van der Waals surface area contributed by atoms with Crippen molar-refractivity contribution in [1.29, 1.82) is 0 Å². The van der Waals surface area contributed by atoms with E-state index in [4.69, 9.17) is 9.15 Å². The Morgan fingerprint density at radius 3 is 2.39 bits per heavy atom. The summed E-state index contributed by atoms with van der Waals surface area (Å²) in [5, 5.41) is 19.1. The summed E-state index contributed by atoms with van der Waals surface area (Å²) in [4.78, 5) is 10.8. The van der Waals surface area contributed by atoms with E-state index in [0.717, 1.165) is 6.07 Å². The number of hydrogen-bond donors (Lipinski definition) is 0. The maximum absolute atomic E-state index is 13.2. The first kappa shape index (κ1) is 22.0. The molecule has 0 atom stereocenters. The maximum Gasteiger partial charge on any atom is 0.312 e. The highest BCUT2D eigenvalue weighted by atomic mass is 32.2. The number of para-hydroxylation sites is 1. The molecule has 0 saturated heterocycles. The smallest absolute Gasteiger partial charge is 0.312 e. The maximum atomic E-state index is 13.2. The first-order chi connectivity index (χ1) is 15.9. The molecule has 1 aromatic heterocycles. The molecule has 33 heavy (non-hydrogen) atoms. The fourth-order valence-corrected chi connectivity index (χ4v) is 4.69. The van der Waals surface area contributed by atoms with Gasteiger partial charge in [0.05, 0.1) is 15.5 Å². The molecule has 3 aromatic carbocycles. The van der Waals surface area contributed by atoms with Gasteiger partial charge < -0.3 is 9.15 Å². The summed E-state index contributed by atoms with van der Waals surface area (Å²) in [6.07, 6.45) is 1.20. The molecule has 0 radical (unpaired) electrons. The normalized spacial score (nSPS) is 11.2. The van der Waals surface area contributed by atoms with Crippen molar-refractivity contribution < 1.29 is 22.5 Å². The van der Waals surface area contributed by atoms with E-state index < -0.39 is 20.6 Å². The van der Waals surface area contributed by atoms with Crippen LogP contribution in [0.3, 0.4) is 0 Å². The van der Waals surface area contributed by atoms with Gasteiger partial charge >= 0.3 is 5.69 Å². The summed E-state index contributed by atoms with van der Waals surface area (Å²) in [5.74, 6) is 0.546. The van der Waals surface area contributed by atoms with Crippen LogP contribution in [0.2, 0.25) is 0 Å². The minimum absolute atomic E-state index is 0.0905. The van der Waals surface area contributed by atoms with Crippen LogP contribution >= 0.6 is 0 Å². The van der Waals surface area contributed by atoms with Gasteiger partial charge in [0, 0.05) is 18.2 Å². The summed E-state index contributed by atoms with van der Waals surface area (Å²) in [7, 11) is -4.03. The van der Waals surface area contributed by atoms with Crippen LogP contribution in [0.5, 0.6) is 11.5 Å². The summed E-state index contributed by atoms with van der Waals surface area (Å²) >= 11 is 0. The van der Waals surface area contributed by atoms with Gasteiger partial charge in [-0.05, 0) is 55.5 Å². The number of nitro benzene ring substituents is 1. The highest BCUT2D eigenvalue weighted by Gasteiger charge is 2.27. The Morgan fingerprint density at radius 1 is 1.06 bits per heavy atom. The van der Waals surface area contributed by atoms with E-state index in [-0.39, 0.29) is 17.2 Å². The minimum Gasteiger partial charge on any atom is -0.450 e. The van der Waals surface area contributed by atoms with Gasteiger partial charge in [0.15, 0.2) is 0 Å². The molecule has 10 nitrogen and oxygen atoms in total. The third-order valence-corrected chi connectivity index (χ3v) is 6.63. The monoisotopic (exact) mass is 466 g/mol. The van der Waals surface area contributed by atoms with Crippen LogP contribution in [0.1, 0.15) is 6.92 Å². The van der Waals surface area contributed by atoms with Crippen LogP contribution in [0.4, 0.5) is 11.4 Å². The Bertz CT molecular complexity index is 1360. The molecule has 1 heterocycles. The largest absolute Gasteiger partial charge is 0.450 e. The Hall–Kier alpha value is -4.25. The predicted octanol–water partition coefficient (Wildman–Crippen LogP) is 4.65. The van der Waals surface area contributed by atoms with Gasteiger partial charge in [-0.15, -0.1) is 10.2 Å². The molecule has 0 aliphatic heterocycles. The number of ether oxygens (including phenoxy) is 1. The van der Waals surface area contributed by atoms with E-state index in [1.165, 1.54) is 22.8 Å². The van der Waals surface area contributed by atoms with Gasteiger partial charge in [-0.3, -0.25) is 14.4 Å². The minimum atomic E-state index is -4.03. The van der Waals surface area contributed by atoms with Crippen molar-refractivity contribution in [2.24, 2.45) is 0 Å². The van der Waals surface area contributed by atoms with Crippen molar-refractivity contribution in [3.05, 3.63) is 89.3 Å². The number of hydrogen-bond acceptors (Lipinski definition) is 8. The van der Waals surface area contributed by atoms with Gasteiger partial charge in [-0.25, -0.2) is 8.42 Å². The predicted molar refractivity (Wildman–Crippen MR) is 120 cm³/mol. The van der Waals surface area contributed by atoms with Crippen molar-refractivity contribution in [3.63, 3.8) is 0 Å². The second-order valence-electron chi connectivity index (χ2n) is 6.76. The molecule has 11 heteroatoms. The molecule has 0 amide bonds. The van der Waals surface area contributed by atoms with Gasteiger partial charge in [-0.2, -0.15) is 0 Å². The molecule has 168 valence electrons. The number of nitrogens with zero attached hydrogens (tertiary/aromatic N) is 4. The van der Waals surface area contributed by atoms with Gasteiger partial charge in [0.2, 0.25) is 18.0 Å². The lowest BCUT2D eigenvalue weighted by Crippen LogP contribution is -2.30. The Kier molecular flexibility index (Phi) is 6.05. The standard InChI is InChI=1S/C22H18N4O6S/c1-2-25(17-6-4-3-5-7-17)33(29,30)19-12-13-21(20(14-19)26(27)28)32-18-10-8-16(9-11-18)22-24-23-15-31-22/h3-15H,2H2,1H3. The van der Waals surface area contributed by atoms with E-state index in [0.29, 0.717) is 22.9 Å². The zero-order chi connectivity index (χ0) is 23.4. The average molecular weight is 466 g/mol. The Labute approximate surface area is 189 Å². The molecule has 0 N–H and O–H groups in total. The van der Waals surface area contributed by atoms with E-state index in [1.54, 1.807) is 61.5 Å². The number of rotatable bonds is 8. The summed E-state index contributed by atoms with van der Waals surface area (Å²) in [5.41, 5.74) is 0.641. The third kappa shape index (κ3) is 4.53. The molecule has 0 aliphatic carbocycles. The van der Waals surface area contributed by atoms with Crippen LogP contribution in [0.25, 0.3) is 11.5 Å². The topological polar surface area (TPSA) is 129 Å². The first-order valence-corrected chi connectivity index (χ1v) is 11.2. The summed E-state index contributed by atoms with van der Waals surface area (Å²) in [6, 6.07) is 18.6. The van der Waals surface area contributed by atoms with E-state index in [2.05, 4.69) is 10.2 Å². The lowest BCUT2D eigenvalue weighted by atomic mass is 10.2. The molecule has 0 aliphatic rings. The molecule has 0 spiro atoms. The molecule has 4 aromatic rings. The third-order valence-electron chi connectivity index (χ3n) is 4.74. The van der Waals surface area contributed by atoms with E-state index >= 15 is 0 Å². The van der Waals surface area contributed by atoms with E-state index in [1.807, 2.05) is 0 Å².